The molecule has 0 amide bonds. The van der Waals surface area contributed by atoms with E-state index in [0.717, 1.165) is 0 Å². The summed E-state index contributed by atoms with van der Waals surface area (Å²) in [6, 6.07) is 10.5. The second-order valence-electron chi connectivity index (χ2n) is 1.77. The Morgan fingerprint density at radius 3 is 2.86 bits per heavy atom. The van der Waals surface area contributed by atoms with Gasteiger partial charge in [-0.25, -0.2) is 0 Å². The molecule has 0 aromatic carbocycles. The second kappa shape index (κ2) is 0.836. The van der Waals surface area contributed by atoms with Crippen molar-refractivity contribution in [3.63, 3.8) is 0 Å². The van der Waals surface area contributed by atoms with Crippen molar-refractivity contribution in [3.05, 3.63) is 30.3 Å². The van der Waals surface area contributed by atoms with E-state index >= 15 is 0 Å². The molecule has 2 rings (SSSR count). The Balaban J connectivity index is 2.79. The SMILES string of the molecule is c1cc2cc-2c[cH+]1. The van der Waals surface area contributed by atoms with Crippen LogP contribution in [0.4, 0.5) is 0 Å². The largest absolute Gasteiger partial charge is 0.105 e. The molecule has 0 bridgehead atoms. The van der Waals surface area contributed by atoms with Gasteiger partial charge in [-0.1, -0.05) is 0 Å². The first kappa shape index (κ1) is 3.14. The van der Waals surface area contributed by atoms with Crippen LogP contribution < -0.4 is 0 Å². The highest BCUT2D eigenvalue weighted by Gasteiger charge is 2.15. The van der Waals surface area contributed by atoms with E-state index in [1.165, 1.54) is 11.1 Å². The minimum Gasteiger partial charge on any atom is 0.0374 e. The fraction of sp³-hybridized carbons (Fsp3) is 0. The van der Waals surface area contributed by atoms with Gasteiger partial charge in [-0.3, -0.25) is 0 Å². The maximum atomic E-state index is 2.17. The van der Waals surface area contributed by atoms with Crippen LogP contribution in [0.2, 0.25) is 0 Å². The van der Waals surface area contributed by atoms with Crippen molar-refractivity contribution in [2.24, 2.45) is 0 Å². The van der Waals surface area contributed by atoms with Crippen molar-refractivity contribution in [1.82, 2.24) is 0 Å². The van der Waals surface area contributed by atoms with Gasteiger partial charge >= 0.3 is 0 Å². The van der Waals surface area contributed by atoms with E-state index < -0.39 is 0 Å². The second-order valence-corrected chi connectivity index (χ2v) is 1.77. The summed E-state index contributed by atoms with van der Waals surface area (Å²) < 4.78 is 0. The zero-order valence-corrected chi connectivity index (χ0v) is 3.89. The van der Waals surface area contributed by atoms with Crippen LogP contribution in [0.5, 0.6) is 0 Å². The standard InChI is InChI=1S/C7H5/c1-2-4-7-5-6(7)3-1/h1-5H/q+1. The Morgan fingerprint density at radius 2 is 2.29 bits per heavy atom. The van der Waals surface area contributed by atoms with E-state index in [1.54, 1.807) is 0 Å². The zero-order chi connectivity index (χ0) is 4.69. The first-order valence-corrected chi connectivity index (χ1v) is 2.40. The maximum Gasteiger partial charge on any atom is 0.105 e. The monoisotopic (exact) mass is 89.0 g/mol. The summed E-state index contributed by atoms with van der Waals surface area (Å²) in [5, 5.41) is 0. The molecule has 32 valence electrons. The number of hydrogen-bond acceptors (Lipinski definition) is 0. The fourth-order valence-electron chi connectivity index (χ4n) is 0.739. The lowest BCUT2D eigenvalue weighted by molar-refractivity contribution is 1.81. The lowest BCUT2D eigenvalue weighted by Crippen LogP contribution is -1.50. The van der Waals surface area contributed by atoms with Gasteiger partial charge in [-0.2, -0.15) is 0 Å². The summed E-state index contributed by atoms with van der Waals surface area (Å²) in [6.07, 6.45) is 0. The summed E-state index contributed by atoms with van der Waals surface area (Å²) in [5.74, 6) is 0. The molecule has 0 aliphatic heterocycles. The molecule has 0 fully saturated rings. The lowest BCUT2D eigenvalue weighted by Gasteiger charge is -1.63. The van der Waals surface area contributed by atoms with Crippen LogP contribution in [0.25, 0.3) is 11.1 Å². The molecule has 0 radical (unpaired) electrons. The Labute approximate surface area is 42.4 Å². The molecule has 0 N–H and O–H groups in total. The van der Waals surface area contributed by atoms with E-state index in [9.17, 15) is 0 Å². The number of rotatable bonds is 0. The fourth-order valence-corrected chi connectivity index (χ4v) is 0.739. The third-order valence-corrected chi connectivity index (χ3v) is 1.22. The van der Waals surface area contributed by atoms with Crippen LogP contribution in [-0.4, -0.2) is 0 Å². The summed E-state index contributed by atoms with van der Waals surface area (Å²) >= 11 is 0. The minimum absolute atomic E-state index is 1.41. The van der Waals surface area contributed by atoms with Crippen LogP contribution >= 0.6 is 0 Å². The minimum atomic E-state index is 1.41. The van der Waals surface area contributed by atoms with Crippen molar-refractivity contribution in [3.8, 4) is 11.1 Å². The molecular weight excluding hydrogens is 84.1 g/mol. The summed E-state index contributed by atoms with van der Waals surface area (Å²) in [6.45, 7) is 0. The predicted octanol–water partition coefficient (Wildman–Crippen LogP) is 1.95. The van der Waals surface area contributed by atoms with Crippen molar-refractivity contribution < 1.29 is 0 Å². The highest BCUT2D eigenvalue weighted by Crippen LogP contribution is 2.30. The predicted molar refractivity (Wildman–Crippen MR) is 29.8 cm³/mol. The Bertz CT molecular complexity index is 185. The quantitative estimate of drug-likeness (QED) is 0.433. The third kappa shape index (κ3) is 0.332. The molecule has 0 heterocycles. The van der Waals surface area contributed by atoms with E-state index in [4.69, 9.17) is 0 Å². The van der Waals surface area contributed by atoms with Gasteiger partial charge in [0.25, 0.3) is 0 Å². The lowest BCUT2D eigenvalue weighted by atomic mass is 10.3. The van der Waals surface area contributed by atoms with Gasteiger partial charge in [0.1, 0.15) is 5.56 Å². The summed E-state index contributed by atoms with van der Waals surface area (Å²) in [5.41, 5.74) is 2.81. The summed E-state index contributed by atoms with van der Waals surface area (Å²) in [4.78, 5) is 0. The van der Waals surface area contributed by atoms with E-state index in [-0.39, 0.29) is 0 Å². The van der Waals surface area contributed by atoms with E-state index in [2.05, 4.69) is 30.3 Å². The average Bonchev–Trinajstić information content (AvgIpc) is 2.41. The van der Waals surface area contributed by atoms with E-state index in [0.29, 0.717) is 0 Å². The van der Waals surface area contributed by atoms with Gasteiger partial charge in [-0.15, -0.1) is 0 Å². The molecule has 0 unspecified atom stereocenters. The van der Waals surface area contributed by atoms with Crippen molar-refractivity contribution in [1.29, 1.82) is 0 Å². The molecule has 0 saturated heterocycles. The molecule has 0 heteroatoms. The number of benzene rings is 1. The molecule has 0 spiro atoms. The zero-order valence-electron chi connectivity index (χ0n) is 3.89. The van der Waals surface area contributed by atoms with Crippen LogP contribution in [0.3, 0.4) is 0 Å². The van der Waals surface area contributed by atoms with Gasteiger partial charge in [0.2, 0.25) is 0 Å². The topological polar surface area (TPSA) is 0 Å². The van der Waals surface area contributed by atoms with Crippen LogP contribution in [0, 0.1) is 0 Å². The molecule has 2 aliphatic rings. The Hall–Kier alpha value is -0.910. The van der Waals surface area contributed by atoms with Gasteiger partial charge in [0.15, 0.2) is 0 Å². The third-order valence-electron chi connectivity index (χ3n) is 1.22. The normalized spacial score (nSPS) is 10.9. The molecule has 2 aliphatic carbocycles. The van der Waals surface area contributed by atoms with Crippen molar-refractivity contribution >= 4 is 0 Å². The number of hydrogen-bond donors (Lipinski definition) is 0. The van der Waals surface area contributed by atoms with Crippen LogP contribution in [0.15, 0.2) is 30.3 Å². The van der Waals surface area contributed by atoms with Gasteiger partial charge in [0, 0.05) is 24.3 Å². The molecule has 0 saturated carbocycles. The molecule has 0 nitrogen and oxygen atoms in total. The smallest absolute Gasteiger partial charge is 0.0374 e. The van der Waals surface area contributed by atoms with Gasteiger partial charge in [-0.05, 0) is 0 Å². The highest BCUT2D eigenvalue weighted by atomic mass is 14.1. The molecule has 7 heavy (non-hydrogen) atoms. The molecule has 0 aromatic rings. The van der Waals surface area contributed by atoms with Gasteiger partial charge in [0.05, 0.1) is 11.6 Å². The first-order valence-electron chi connectivity index (χ1n) is 2.40. The Kier molecular flexibility index (Phi) is 0.375. The van der Waals surface area contributed by atoms with Crippen molar-refractivity contribution in [2.45, 2.75) is 0 Å². The summed E-state index contributed by atoms with van der Waals surface area (Å²) in [7, 11) is 0. The molecule has 0 atom stereocenters. The molecular formula is C7H5+. The first-order chi connectivity index (χ1) is 3.47. The number of fused-ring (bicyclic) bond motifs is 1. The highest BCUT2D eigenvalue weighted by molar-refractivity contribution is 5.78. The van der Waals surface area contributed by atoms with Crippen LogP contribution in [0.1, 0.15) is 0 Å². The maximum absolute atomic E-state index is 2.17. The van der Waals surface area contributed by atoms with E-state index in [1.807, 2.05) is 0 Å². The average molecular weight is 89.1 g/mol. The molecule has 0 aromatic heterocycles. The van der Waals surface area contributed by atoms with Crippen molar-refractivity contribution in [2.75, 3.05) is 0 Å². The Morgan fingerprint density at radius 1 is 1.29 bits per heavy atom. The van der Waals surface area contributed by atoms with Crippen LogP contribution in [-0.2, 0) is 0 Å². The van der Waals surface area contributed by atoms with Gasteiger partial charge < -0.3 is 0 Å².